The van der Waals surface area contributed by atoms with Gasteiger partial charge in [0.15, 0.2) is 0 Å². The zero-order valence-electron chi connectivity index (χ0n) is 32.9. The number of fused-ring (bicyclic) bond motifs is 7. The Morgan fingerprint density at radius 1 is 0.880 bits per heavy atom. The number of carbonyl (C=O) groups is 3. The first-order chi connectivity index (χ1) is 23.2. The minimum Gasteiger partial charge on any atom is -0.481 e. The Morgan fingerprint density at radius 2 is 1.60 bits per heavy atom. The van der Waals surface area contributed by atoms with Gasteiger partial charge in [0.1, 0.15) is 6.10 Å². The lowest BCUT2D eigenvalue weighted by molar-refractivity contribution is -0.250. The molecule has 5 aliphatic carbocycles. The van der Waals surface area contributed by atoms with E-state index in [0.717, 1.165) is 51.5 Å². The molecule has 1 heterocycles. The Balaban J connectivity index is 1.24. The predicted octanol–water partition coefficient (Wildman–Crippen LogP) is 8.79. The maximum atomic E-state index is 14.1. The first-order valence-corrected chi connectivity index (χ1v) is 20.3. The predicted molar refractivity (Wildman–Crippen MR) is 198 cm³/mol. The number of rotatable bonds is 9. The Morgan fingerprint density at radius 3 is 2.26 bits per heavy atom. The van der Waals surface area contributed by atoms with Crippen molar-refractivity contribution in [1.82, 2.24) is 4.90 Å². The highest BCUT2D eigenvalue weighted by Gasteiger charge is 2.71. The van der Waals surface area contributed by atoms with Gasteiger partial charge >= 0.3 is 11.9 Å². The summed E-state index contributed by atoms with van der Waals surface area (Å²) in [5, 5.41) is 9.34. The number of hydrogen-bond acceptors (Lipinski definition) is 5. The summed E-state index contributed by atoms with van der Waals surface area (Å²) in [7, 11) is 0. The third kappa shape index (κ3) is 5.90. The van der Waals surface area contributed by atoms with Crippen molar-refractivity contribution in [1.29, 1.82) is 0 Å². The molecule has 282 valence electrons. The zero-order chi connectivity index (χ0) is 36.7. The average molecular weight is 695 g/mol. The molecule has 5 saturated carbocycles. The van der Waals surface area contributed by atoms with Crippen LogP contribution in [0.15, 0.2) is 12.2 Å². The summed E-state index contributed by atoms with van der Waals surface area (Å²) in [6.45, 7) is 24.5. The van der Waals surface area contributed by atoms with E-state index in [1.807, 2.05) is 13.8 Å². The number of esters is 1. The Bertz CT molecular complexity index is 1370. The van der Waals surface area contributed by atoms with Crippen molar-refractivity contribution >= 4 is 17.8 Å². The minimum absolute atomic E-state index is 0.0462. The zero-order valence-corrected chi connectivity index (χ0v) is 32.9. The lowest BCUT2D eigenvalue weighted by Gasteiger charge is -2.73. The van der Waals surface area contributed by atoms with Crippen LogP contribution in [0, 0.1) is 62.1 Å². The Hall–Kier alpha value is -1.89. The van der Waals surface area contributed by atoms with Gasteiger partial charge in [-0.1, -0.05) is 60.6 Å². The van der Waals surface area contributed by atoms with E-state index in [9.17, 15) is 19.5 Å². The second-order valence-corrected chi connectivity index (χ2v) is 20.6. The fourth-order valence-corrected chi connectivity index (χ4v) is 14.7. The molecule has 11 atom stereocenters. The smallest absolute Gasteiger partial charge is 0.306 e. The molecule has 50 heavy (non-hydrogen) atoms. The number of hydrogen-bond donors (Lipinski definition) is 2. The highest BCUT2D eigenvalue weighted by Crippen LogP contribution is 2.78. The molecule has 0 aromatic heterocycles. The van der Waals surface area contributed by atoms with E-state index in [0.29, 0.717) is 48.5 Å². The molecule has 1 saturated heterocycles. The highest BCUT2D eigenvalue weighted by atomic mass is 16.5. The number of aliphatic carboxylic acids is 1. The van der Waals surface area contributed by atoms with Gasteiger partial charge in [-0.25, -0.2) is 0 Å². The van der Waals surface area contributed by atoms with E-state index in [4.69, 9.17) is 10.5 Å². The lowest BCUT2D eigenvalue weighted by atomic mass is 9.32. The van der Waals surface area contributed by atoms with Crippen LogP contribution in [0.25, 0.3) is 0 Å². The first kappa shape index (κ1) is 37.9. The lowest BCUT2D eigenvalue weighted by Crippen LogP contribution is -2.67. The van der Waals surface area contributed by atoms with E-state index in [2.05, 4.69) is 53.0 Å². The molecular weight excluding hydrogens is 624 g/mol. The number of amides is 1. The molecule has 0 bridgehead atoms. The molecule has 1 amide bonds. The van der Waals surface area contributed by atoms with Crippen LogP contribution in [0.5, 0.6) is 0 Å². The molecule has 0 unspecified atom stereocenters. The van der Waals surface area contributed by atoms with Gasteiger partial charge in [0, 0.05) is 31.0 Å². The van der Waals surface area contributed by atoms with E-state index in [1.54, 1.807) is 0 Å². The molecule has 6 fully saturated rings. The molecular formula is C43H70N2O5. The second-order valence-electron chi connectivity index (χ2n) is 20.6. The van der Waals surface area contributed by atoms with Crippen molar-refractivity contribution in [3.8, 4) is 0 Å². The third-order valence-corrected chi connectivity index (χ3v) is 17.2. The van der Waals surface area contributed by atoms with Gasteiger partial charge in [0.05, 0.1) is 12.8 Å². The molecule has 6 aliphatic rings. The van der Waals surface area contributed by atoms with Crippen LogP contribution in [0.4, 0.5) is 0 Å². The average Bonchev–Trinajstić information content (AvgIpc) is 3.63. The topological polar surface area (TPSA) is 110 Å². The summed E-state index contributed by atoms with van der Waals surface area (Å²) in [5.41, 5.74) is 7.31. The van der Waals surface area contributed by atoms with Gasteiger partial charge in [-0.05, 0) is 141 Å². The van der Waals surface area contributed by atoms with E-state index in [-0.39, 0.29) is 58.0 Å². The van der Waals surface area contributed by atoms with E-state index >= 15 is 0 Å². The monoisotopic (exact) mass is 695 g/mol. The maximum Gasteiger partial charge on any atom is 0.306 e. The SMILES string of the molecule is C=C(C)[C@@H]1CC[C@]2(CC(=O)N3CCC[C@@H]3CN)CC[C@]3(C)[C@H](CC[C@@H]4[C@@]5(C)CC[C@H](OC(=O)CC(C)(C)CC(=O)O)C(C)(C)[C@@H]5CC[C@]43C)[C@@H]12. The van der Waals surface area contributed by atoms with E-state index < -0.39 is 11.4 Å². The number of ether oxygens (including phenoxy) is 1. The van der Waals surface area contributed by atoms with Crippen molar-refractivity contribution < 1.29 is 24.2 Å². The Labute approximate surface area is 303 Å². The molecule has 0 aromatic rings. The number of carboxylic acids is 1. The van der Waals surface area contributed by atoms with Crippen molar-refractivity contribution in [3.05, 3.63) is 12.2 Å². The summed E-state index contributed by atoms with van der Waals surface area (Å²) < 4.78 is 6.28. The number of likely N-dealkylation sites (tertiary alicyclic amines) is 1. The summed E-state index contributed by atoms with van der Waals surface area (Å²) in [4.78, 5) is 40.8. The summed E-state index contributed by atoms with van der Waals surface area (Å²) >= 11 is 0. The first-order valence-electron chi connectivity index (χ1n) is 20.3. The van der Waals surface area contributed by atoms with Crippen LogP contribution < -0.4 is 5.73 Å². The number of carboxylic acid groups (broad SMARTS) is 1. The maximum absolute atomic E-state index is 14.1. The van der Waals surface area contributed by atoms with Crippen LogP contribution in [0.3, 0.4) is 0 Å². The van der Waals surface area contributed by atoms with Gasteiger partial charge < -0.3 is 20.5 Å². The van der Waals surface area contributed by atoms with Gasteiger partial charge in [0.2, 0.25) is 5.91 Å². The molecule has 0 spiro atoms. The largest absolute Gasteiger partial charge is 0.481 e. The molecule has 3 N–H and O–H groups in total. The van der Waals surface area contributed by atoms with Crippen molar-refractivity contribution in [3.63, 3.8) is 0 Å². The number of carbonyl (C=O) groups excluding carboxylic acids is 2. The summed E-state index contributed by atoms with van der Waals surface area (Å²) in [6, 6.07) is 0.210. The standard InChI is InChI=1S/C43H70N2O5/c1-27(2)29-14-19-43(23-34(46)45-22-10-11-28(45)26-44)21-20-41(8)30(37(29)43)12-13-32-40(7)17-16-33(39(5,6)31(40)15-18-42(32,41)9)50-36(49)25-38(3,4)24-35(47)48/h28-33,37H,1,10-26,44H2,2-9H3,(H,47,48)/t28-,29+,30-,31+,32-,33+,37-,40+,41-,42-,43-/m1/s1. The summed E-state index contributed by atoms with van der Waals surface area (Å²) in [5.74, 6) is 1.88. The molecule has 6 rings (SSSR count). The van der Waals surface area contributed by atoms with Crippen molar-refractivity contribution in [2.75, 3.05) is 13.1 Å². The van der Waals surface area contributed by atoms with Crippen molar-refractivity contribution in [2.24, 2.45) is 67.8 Å². The normalized spacial score (nSPS) is 43.6. The number of nitrogens with zero attached hydrogens (tertiary/aromatic N) is 1. The molecule has 7 nitrogen and oxygen atoms in total. The van der Waals surface area contributed by atoms with E-state index in [1.165, 1.54) is 37.7 Å². The van der Waals surface area contributed by atoms with Gasteiger partial charge in [-0.2, -0.15) is 0 Å². The Kier molecular flexibility index (Phi) is 9.77. The van der Waals surface area contributed by atoms with Gasteiger partial charge in [-0.3, -0.25) is 14.4 Å². The number of nitrogens with two attached hydrogens (primary N) is 1. The summed E-state index contributed by atoms with van der Waals surface area (Å²) in [6.07, 6.45) is 14.1. The van der Waals surface area contributed by atoms with Crippen LogP contribution in [0.1, 0.15) is 152 Å². The van der Waals surface area contributed by atoms with Crippen LogP contribution in [0.2, 0.25) is 0 Å². The fraction of sp³-hybridized carbons (Fsp3) is 0.884. The minimum atomic E-state index is -0.881. The molecule has 1 aliphatic heterocycles. The van der Waals surface area contributed by atoms with Crippen LogP contribution >= 0.6 is 0 Å². The fourth-order valence-electron chi connectivity index (χ4n) is 14.7. The van der Waals surface area contributed by atoms with Crippen LogP contribution in [-0.4, -0.2) is 53.1 Å². The molecule has 0 aromatic carbocycles. The third-order valence-electron chi connectivity index (χ3n) is 17.2. The quantitative estimate of drug-likeness (QED) is 0.184. The molecule has 0 radical (unpaired) electrons. The highest BCUT2D eigenvalue weighted by molar-refractivity contribution is 5.78. The van der Waals surface area contributed by atoms with Gasteiger partial charge in [0.25, 0.3) is 0 Å². The second kappa shape index (κ2) is 12.9. The van der Waals surface area contributed by atoms with Crippen LogP contribution in [-0.2, 0) is 19.1 Å². The molecule has 7 heteroatoms. The number of allylic oxidation sites excluding steroid dienone is 1. The van der Waals surface area contributed by atoms with Gasteiger partial charge in [-0.15, -0.1) is 0 Å². The van der Waals surface area contributed by atoms with Crippen molar-refractivity contribution in [2.45, 2.75) is 164 Å².